The molecule has 1 aromatic heterocycles. The predicted molar refractivity (Wildman–Crippen MR) is 90.5 cm³/mol. The molecule has 0 amide bonds. The molecule has 1 aromatic carbocycles. The lowest BCUT2D eigenvalue weighted by Gasteiger charge is -2.36. The average molecular weight is 318 g/mol. The summed E-state index contributed by atoms with van der Waals surface area (Å²) in [6.07, 6.45) is 1.78. The number of hydrogen-bond acceptors (Lipinski definition) is 5. The molecule has 1 fully saturated rings. The van der Waals surface area contributed by atoms with Crippen LogP contribution in [-0.2, 0) is 0 Å². The van der Waals surface area contributed by atoms with Gasteiger partial charge in [0.1, 0.15) is 11.6 Å². The molecule has 2 aromatic rings. The quantitative estimate of drug-likeness (QED) is 0.939. The molecule has 0 unspecified atom stereocenters. The monoisotopic (exact) mass is 317 g/mol. The molecule has 1 aliphatic rings. The number of benzene rings is 1. The number of aromatic nitrogens is 2. The Bertz CT molecular complexity index is 625. The van der Waals surface area contributed by atoms with Crippen molar-refractivity contribution in [2.45, 2.75) is 6.92 Å². The number of piperazine rings is 1. The third kappa shape index (κ3) is 3.87. The van der Waals surface area contributed by atoms with Crippen LogP contribution < -0.4 is 10.2 Å². The molecule has 6 heteroatoms. The van der Waals surface area contributed by atoms with Crippen molar-refractivity contribution in [3.05, 3.63) is 47.4 Å². The maximum atomic E-state index is 6.06. The van der Waals surface area contributed by atoms with Crippen molar-refractivity contribution in [3.63, 3.8) is 0 Å². The van der Waals surface area contributed by atoms with Gasteiger partial charge >= 0.3 is 0 Å². The zero-order chi connectivity index (χ0) is 15.4. The van der Waals surface area contributed by atoms with Gasteiger partial charge in [-0.25, -0.2) is 9.97 Å². The first-order valence-corrected chi connectivity index (χ1v) is 7.85. The van der Waals surface area contributed by atoms with Gasteiger partial charge in [0.2, 0.25) is 0 Å². The zero-order valence-electron chi connectivity index (χ0n) is 12.7. The molecule has 0 radical (unpaired) electrons. The third-order valence-electron chi connectivity index (χ3n) is 3.81. The van der Waals surface area contributed by atoms with E-state index in [1.165, 1.54) is 5.69 Å². The highest BCUT2D eigenvalue weighted by molar-refractivity contribution is 6.30. The minimum Gasteiger partial charge on any atom is -0.369 e. The minimum atomic E-state index is 0.788. The topological polar surface area (TPSA) is 44.3 Å². The van der Waals surface area contributed by atoms with Crippen LogP contribution in [0.15, 0.2) is 36.5 Å². The number of halogens is 1. The fourth-order valence-electron chi connectivity index (χ4n) is 2.58. The van der Waals surface area contributed by atoms with Crippen molar-refractivity contribution in [3.8, 4) is 0 Å². The number of hydrogen-bond donors (Lipinski definition) is 1. The summed E-state index contributed by atoms with van der Waals surface area (Å²) in [4.78, 5) is 13.2. The molecular formula is C16H20ClN5. The largest absolute Gasteiger partial charge is 0.369 e. The molecule has 0 bridgehead atoms. The number of aryl methyl sites for hydroxylation is 1. The number of nitrogens with one attached hydrogen (secondary N) is 1. The van der Waals surface area contributed by atoms with Crippen molar-refractivity contribution in [2.24, 2.45) is 0 Å². The Morgan fingerprint density at radius 1 is 1.18 bits per heavy atom. The van der Waals surface area contributed by atoms with Crippen molar-refractivity contribution in [2.75, 3.05) is 43.1 Å². The highest BCUT2D eigenvalue weighted by Crippen LogP contribution is 2.20. The zero-order valence-corrected chi connectivity index (χ0v) is 13.4. The van der Waals surface area contributed by atoms with E-state index in [-0.39, 0.29) is 0 Å². The van der Waals surface area contributed by atoms with E-state index < -0.39 is 0 Å². The van der Waals surface area contributed by atoms with Crippen LogP contribution in [0.4, 0.5) is 11.5 Å². The second-order valence-corrected chi connectivity index (χ2v) is 5.85. The van der Waals surface area contributed by atoms with Crippen LogP contribution in [-0.4, -0.2) is 47.7 Å². The second kappa shape index (κ2) is 6.94. The molecule has 0 spiro atoms. The fourth-order valence-corrected chi connectivity index (χ4v) is 2.77. The first kappa shape index (κ1) is 15.1. The fraction of sp³-hybridized carbons (Fsp3) is 0.375. The van der Waals surface area contributed by atoms with Gasteiger partial charge in [0, 0.05) is 43.1 Å². The Morgan fingerprint density at radius 2 is 2.00 bits per heavy atom. The molecule has 116 valence electrons. The Balaban J connectivity index is 1.49. The van der Waals surface area contributed by atoms with Crippen molar-refractivity contribution >= 4 is 23.1 Å². The highest BCUT2D eigenvalue weighted by Gasteiger charge is 2.17. The van der Waals surface area contributed by atoms with E-state index in [2.05, 4.69) is 31.2 Å². The number of nitrogens with zero attached hydrogens (tertiary/aromatic N) is 4. The van der Waals surface area contributed by atoms with Gasteiger partial charge in [-0.1, -0.05) is 17.7 Å². The van der Waals surface area contributed by atoms with E-state index in [0.717, 1.165) is 49.5 Å². The van der Waals surface area contributed by atoms with Crippen molar-refractivity contribution < 1.29 is 0 Å². The molecule has 0 aliphatic carbocycles. The average Bonchev–Trinajstić information content (AvgIpc) is 2.54. The van der Waals surface area contributed by atoms with Gasteiger partial charge in [-0.05, 0) is 31.2 Å². The molecule has 0 atom stereocenters. The van der Waals surface area contributed by atoms with E-state index >= 15 is 0 Å². The van der Waals surface area contributed by atoms with E-state index in [1.807, 2.05) is 31.2 Å². The summed E-state index contributed by atoms with van der Waals surface area (Å²) in [5, 5.41) is 4.15. The van der Waals surface area contributed by atoms with E-state index in [4.69, 9.17) is 11.6 Å². The lowest BCUT2D eigenvalue weighted by molar-refractivity contribution is 0.275. The SMILES string of the molecule is Cc1nccc(NCN2CCN(c3cccc(Cl)c3)CC2)n1. The van der Waals surface area contributed by atoms with Gasteiger partial charge in [-0.3, -0.25) is 4.90 Å². The summed E-state index contributed by atoms with van der Waals surface area (Å²) < 4.78 is 0. The number of anilines is 2. The van der Waals surface area contributed by atoms with Crippen LogP contribution in [0.5, 0.6) is 0 Å². The maximum Gasteiger partial charge on any atom is 0.130 e. The van der Waals surface area contributed by atoms with Gasteiger partial charge < -0.3 is 10.2 Å². The van der Waals surface area contributed by atoms with Crippen LogP contribution in [0.3, 0.4) is 0 Å². The summed E-state index contributed by atoms with van der Waals surface area (Å²) in [5.74, 6) is 1.67. The van der Waals surface area contributed by atoms with Crippen LogP contribution >= 0.6 is 11.6 Å². The van der Waals surface area contributed by atoms with E-state index in [1.54, 1.807) is 6.20 Å². The Hall–Kier alpha value is -1.85. The van der Waals surface area contributed by atoms with Crippen LogP contribution in [0.25, 0.3) is 0 Å². The molecule has 1 N–H and O–H groups in total. The summed E-state index contributed by atoms with van der Waals surface area (Å²) >= 11 is 6.06. The number of rotatable bonds is 4. The third-order valence-corrected chi connectivity index (χ3v) is 4.04. The van der Waals surface area contributed by atoms with Gasteiger partial charge in [0.25, 0.3) is 0 Å². The minimum absolute atomic E-state index is 0.788. The van der Waals surface area contributed by atoms with Gasteiger partial charge in [0.05, 0.1) is 6.67 Å². The normalized spacial score (nSPS) is 15.8. The van der Waals surface area contributed by atoms with Crippen molar-refractivity contribution in [1.29, 1.82) is 0 Å². The van der Waals surface area contributed by atoms with Gasteiger partial charge in [0.15, 0.2) is 0 Å². The smallest absolute Gasteiger partial charge is 0.130 e. The Labute approximate surface area is 135 Å². The molecule has 1 aliphatic heterocycles. The first-order chi connectivity index (χ1) is 10.7. The molecular weight excluding hydrogens is 298 g/mol. The summed E-state index contributed by atoms with van der Waals surface area (Å²) in [7, 11) is 0. The van der Waals surface area contributed by atoms with Crippen LogP contribution in [0, 0.1) is 6.92 Å². The summed E-state index contributed by atoms with van der Waals surface area (Å²) in [5.41, 5.74) is 1.20. The first-order valence-electron chi connectivity index (χ1n) is 7.47. The molecule has 0 saturated carbocycles. The molecule has 3 rings (SSSR count). The molecule has 22 heavy (non-hydrogen) atoms. The second-order valence-electron chi connectivity index (χ2n) is 5.41. The Morgan fingerprint density at radius 3 is 2.73 bits per heavy atom. The van der Waals surface area contributed by atoms with Crippen LogP contribution in [0.2, 0.25) is 5.02 Å². The highest BCUT2D eigenvalue weighted by atomic mass is 35.5. The lowest BCUT2D eigenvalue weighted by Crippen LogP contribution is -2.48. The predicted octanol–water partition coefficient (Wildman–Crippen LogP) is 2.63. The lowest BCUT2D eigenvalue weighted by atomic mass is 10.2. The van der Waals surface area contributed by atoms with Crippen molar-refractivity contribution in [1.82, 2.24) is 14.9 Å². The molecule has 2 heterocycles. The summed E-state index contributed by atoms with van der Waals surface area (Å²) in [6.45, 7) is 6.75. The van der Waals surface area contributed by atoms with E-state index in [0.29, 0.717) is 0 Å². The standard InChI is InChI=1S/C16H20ClN5/c1-13-18-6-5-16(20-13)19-12-21-7-9-22(10-8-21)15-4-2-3-14(17)11-15/h2-6,11H,7-10,12H2,1H3,(H,18,19,20). The van der Waals surface area contributed by atoms with Gasteiger partial charge in [-0.15, -0.1) is 0 Å². The van der Waals surface area contributed by atoms with Gasteiger partial charge in [-0.2, -0.15) is 0 Å². The maximum absolute atomic E-state index is 6.06. The summed E-state index contributed by atoms with van der Waals surface area (Å²) in [6, 6.07) is 9.95. The van der Waals surface area contributed by atoms with E-state index in [9.17, 15) is 0 Å². The molecule has 1 saturated heterocycles. The Kier molecular flexibility index (Phi) is 4.75. The molecule has 5 nitrogen and oxygen atoms in total. The van der Waals surface area contributed by atoms with Crippen LogP contribution in [0.1, 0.15) is 5.82 Å².